The topological polar surface area (TPSA) is 18.5 Å². The van der Waals surface area contributed by atoms with Crippen molar-refractivity contribution >= 4 is 0 Å². The van der Waals surface area contributed by atoms with E-state index >= 15 is 0 Å². The molecule has 0 aliphatic heterocycles. The molecule has 0 aromatic rings. The maximum atomic E-state index is 5.87. The molecule has 2 atom stereocenters. The summed E-state index contributed by atoms with van der Waals surface area (Å²) in [5.41, 5.74) is -0.260. The Morgan fingerprint density at radius 2 is 1.94 bits per heavy atom. The molecule has 0 N–H and O–H groups in total. The second kappa shape index (κ2) is 7.86. The lowest BCUT2D eigenvalue weighted by atomic mass is 9.96. The van der Waals surface area contributed by atoms with Gasteiger partial charge in [0.1, 0.15) is 0 Å². The van der Waals surface area contributed by atoms with Gasteiger partial charge in [-0.25, -0.2) is 0 Å². The highest BCUT2D eigenvalue weighted by atomic mass is 16.7. The van der Waals surface area contributed by atoms with Crippen LogP contribution < -0.4 is 0 Å². The largest absolute Gasteiger partial charge is 0.353 e. The van der Waals surface area contributed by atoms with Gasteiger partial charge in [-0.1, -0.05) is 32.8 Å². The quantitative estimate of drug-likeness (QED) is 0.436. The molecule has 0 radical (unpaired) electrons. The third kappa shape index (κ3) is 7.02. The van der Waals surface area contributed by atoms with E-state index in [1.807, 2.05) is 19.9 Å². The predicted molar refractivity (Wildman–Crippen MR) is 69.5 cm³/mol. The Hall–Kier alpha value is -0.340. The van der Waals surface area contributed by atoms with Crippen LogP contribution in [0.25, 0.3) is 0 Å². The molecule has 0 aromatic carbocycles. The zero-order valence-electron chi connectivity index (χ0n) is 11.6. The first kappa shape index (κ1) is 15.7. The monoisotopic (exact) mass is 228 g/mol. The average Bonchev–Trinajstić information content (AvgIpc) is 2.17. The molecule has 2 heteroatoms. The van der Waals surface area contributed by atoms with Crippen molar-refractivity contribution in [2.45, 2.75) is 65.8 Å². The number of rotatable bonds is 9. The standard InChI is InChI=1S/C14H28O2/c1-7-14(6,11-9-10-12(3)4)16-13(5)15-8-2/h7,12-13H,1,8-11H2,2-6H3. The highest BCUT2D eigenvalue weighted by Gasteiger charge is 2.23. The Balaban J connectivity index is 4.04. The summed E-state index contributed by atoms with van der Waals surface area (Å²) in [5, 5.41) is 0. The van der Waals surface area contributed by atoms with Crippen LogP contribution in [-0.4, -0.2) is 18.5 Å². The molecular weight excluding hydrogens is 200 g/mol. The SMILES string of the molecule is C=CC(C)(CCCC(C)C)OC(C)OCC. The molecule has 0 aromatic heterocycles. The Bertz CT molecular complexity index is 189. The Morgan fingerprint density at radius 3 is 2.38 bits per heavy atom. The van der Waals surface area contributed by atoms with Gasteiger partial charge in [0, 0.05) is 6.61 Å². The number of ether oxygens (including phenoxy) is 2. The van der Waals surface area contributed by atoms with E-state index in [2.05, 4.69) is 27.4 Å². The van der Waals surface area contributed by atoms with Crippen LogP contribution >= 0.6 is 0 Å². The molecule has 2 unspecified atom stereocenters. The van der Waals surface area contributed by atoms with Gasteiger partial charge in [0.25, 0.3) is 0 Å². The van der Waals surface area contributed by atoms with E-state index < -0.39 is 0 Å². The first-order valence-electron chi connectivity index (χ1n) is 6.36. The van der Waals surface area contributed by atoms with E-state index in [1.54, 1.807) is 0 Å². The number of hydrogen-bond acceptors (Lipinski definition) is 2. The fraction of sp³-hybridized carbons (Fsp3) is 0.857. The van der Waals surface area contributed by atoms with Gasteiger partial charge in [-0.2, -0.15) is 0 Å². The van der Waals surface area contributed by atoms with Crippen LogP contribution in [-0.2, 0) is 9.47 Å². The fourth-order valence-corrected chi connectivity index (χ4v) is 1.72. The molecule has 0 fully saturated rings. The third-order valence-electron chi connectivity index (χ3n) is 2.72. The maximum absolute atomic E-state index is 5.87. The molecule has 0 spiro atoms. The van der Waals surface area contributed by atoms with E-state index in [0.717, 1.165) is 12.3 Å². The van der Waals surface area contributed by atoms with Crippen molar-refractivity contribution in [2.75, 3.05) is 6.61 Å². The maximum Gasteiger partial charge on any atom is 0.155 e. The van der Waals surface area contributed by atoms with Gasteiger partial charge in [0.2, 0.25) is 0 Å². The van der Waals surface area contributed by atoms with Crippen molar-refractivity contribution < 1.29 is 9.47 Å². The summed E-state index contributed by atoms with van der Waals surface area (Å²) in [6.45, 7) is 15.0. The van der Waals surface area contributed by atoms with Crippen LogP contribution in [0.3, 0.4) is 0 Å². The molecule has 0 saturated heterocycles. The molecule has 0 heterocycles. The first-order chi connectivity index (χ1) is 7.43. The normalized spacial score (nSPS) is 17.1. The molecule has 0 saturated carbocycles. The van der Waals surface area contributed by atoms with Gasteiger partial charge in [-0.3, -0.25) is 0 Å². The minimum atomic E-state index is -0.260. The van der Waals surface area contributed by atoms with E-state index in [0.29, 0.717) is 6.61 Å². The van der Waals surface area contributed by atoms with Crippen LogP contribution in [0, 0.1) is 5.92 Å². The van der Waals surface area contributed by atoms with Crippen molar-refractivity contribution in [2.24, 2.45) is 5.92 Å². The molecule has 16 heavy (non-hydrogen) atoms. The van der Waals surface area contributed by atoms with Gasteiger partial charge < -0.3 is 9.47 Å². The Kier molecular flexibility index (Phi) is 7.69. The van der Waals surface area contributed by atoms with Gasteiger partial charge in [0.15, 0.2) is 6.29 Å². The summed E-state index contributed by atoms with van der Waals surface area (Å²) in [7, 11) is 0. The molecular formula is C14H28O2. The highest BCUT2D eigenvalue weighted by molar-refractivity contribution is 4.93. The lowest BCUT2D eigenvalue weighted by molar-refractivity contribution is -0.180. The Labute approximate surface area is 101 Å². The van der Waals surface area contributed by atoms with Gasteiger partial charge in [-0.15, -0.1) is 6.58 Å². The second-order valence-electron chi connectivity index (χ2n) is 4.94. The summed E-state index contributed by atoms with van der Waals surface area (Å²) >= 11 is 0. The summed E-state index contributed by atoms with van der Waals surface area (Å²) < 4.78 is 11.3. The lowest BCUT2D eigenvalue weighted by Crippen LogP contribution is -2.31. The van der Waals surface area contributed by atoms with Gasteiger partial charge in [0.05, 0.1) is 5.60 Å². The van der Waals surface area contributed by atoms with Crippen molar-refractivity contribution in [1.82, 2.24) is 0 Å². The van der Waals surface area contributed by atoms with Crippen LogP contribution in [0.2, 0.25) is 0 Å². The van der Waals surface area contributed by atoms with Crippen molar-refractivity contribution in [3.8, 4) is 0 Å². The minimum Gasteiger partial charge on any atom is -0.353 e. The van der Waals surface area contributed by atoms with Crippen LogP contribution in [0.15, 0.2) is 12.7 Å². The first-order valence-corrected chi connectivity index (χ1v) is 6.36. The minimum absolute atomic E-state index is 0.160. The average molecular weight is 228 g/mol. The Morgan fingerprint density at radius 1 is 1.31 bits per heavy atom. The summed E-state index contributed by atoms with van der Waals surface area (Å²) in [6.07, 6.45) is 5.14. The van der Waals surface area contributed by atoms with Crippen molar-refractivity contribution in [3.63, 3.8) is 0 Å². The van der Waals surface area contributed by atoms with E-state index in [1.165, 1.54) is 12.8 Å². The molecule has 2 nitrogen and oxygen atoms in total. The van der Waals surface area contributed by atoms with E-state index in [-0.39, 0.29) is 11.9 Å². The highest BCUT2D eigenvalue weighted by Crippen LogP contribution is 2.23. The molecule has 0 aliphatic rings. The smallest absolute Gasteiger partial charge is 0.155 e. The summed E-state index contributed by atoms with van der Waals surface area (Å²) in [5.74, 6) is 0.749. The predicted octanol–water partition coefficient (Wildman–Crippen LogP) is 4.16. The van der Waals surface area contributed by atoms with Crippen LogP contribution in [0.4, 0.5) is 0 Å². The lowest BCUT2D eigenvalue weighted by Gasteiger charge is -2.30. The van der Waals surface area contributed by atoms with E-state index in [9.17, 15) is 0 Å². The zero-order valence-corrected chi connectivity index (χ0v) is 11.6. The molecule has 96 valence electrons. The van der Waals surface area contributed by atoms with Gasteiger partial charge in [-0.05, 0) is 33.1 Å². The zero-order chi connectivity index (χ0) is 12.6. The van der Waals surface area contributed by atoms with Gasteiger partial charge >= 0.3 is 0 Å². The van der Waals surface area contributed by atoms with Crippen LogP contribution in [0.5, 0.6) is 0 Å². The van der Waals surface area contributed by atoms with Crippen molar-refractivity contribution in [1.29, 1.82) is 0 Å². The summed E-state index contributed by atoms with van der Waals surface area (Å²) in [4.78, 5) is 0. The molecule has 0 bridgehead atoms. The van der Waals surface area contributed by atoms with E-state index in [4.69, 9.17) is 9.47 Å². The van der Waals surface area contributed by atoms with Crippen molar-refractivity contribution in [3.05, 3.63) is 12.7 Å². The summed E-state index contributed by atoms with van der Waals surface area (Å²) in [6, 6.07) is 0. The number of hydrogen-bond donors (Lipinski definition) is 0. The van der Waals surface area contributed by atoms with Crippen LogP contribution in [0.1, 0.15) is 53.9 Å². The molecule has 0 rings (SSSR count). The third-order valence-corrected chi connectivity index (χ3v) is 2.72. The fourth-order valence-electron chi connectivity index (χ4n) is 1.72. The molecule has 0 aliphatic carbocycles. The molecule has 0 amide bonds. The second-order valence-corrected chi connectivity index (χ2v) is 4.94.